The second-order valence-electron chi connectivity index (χ2n) is 4.42. The Hall–Kier alpha value is -0.900. The van der Waals surface area contributed by atoms with Crippen LogP contribution in [0.1, 0.15) is 24.4 Å². The maximum Gasteiger partial charge on any atom is 0.0874 e. The second kappa shape index (κ2) is 3.59. The van der Waals surface area contributed by atoms with Gasteiger partial charge in [-0.05, 0) is 24.9 Å². The van der Waals surface area contributed by atoms with Crippen LogP contribution >= 0.6 is 0 Å². The highest BCUT2D eigenvalue weighted by Crippen LogP contribution is 2.35. The molecule has 3 heteroatoms. The van der Waals surface area contributed by atoms with E-state index in [9.17, 15) is 5.21 Å². The Labute approximate surface area is 89.9 Å². The van der Waals surface area contributed by atoms with Gasteiger partial charge in [-0.3, -0.25) is 4.90 Å². The van der Waals surface area contributed by atoms with Gasteiger partial charge in [0.2, 0.25) is 0 Å². The van der Waals surface area contributed by atoms with Crippen molar-refractivity contribution in [1.82, 2.24) is 9.96 Å². The summed E-state index contributed by atoms with van der Waals surface area (Å²) < 4.78 is 0. The molecular weight excluding hydrogens is 188 g/mol. The average molecular weight is 204 g/mol. The number of nitrogens with zero attached hydrogens (tertiary/aromatic N) is 2. The first-order valence-electron chi connectivity index (χ1n) is 5.62. The summed E-state index contributed by atoms with van der Waals surface area (Å²) in [4.78, 5) is 2.37. The van der Waals surface area contributed by atoms with Gasteiger partial charge in [-0.2, -0.15) is 5.06 Å². The highest BCUT2D eigenvalue weighted by atomic mass is 16.5. The Morgan fingerprint density at radius 1 is 1.20 bits per heavy atom. The van der Waals surface area contributed by atoms with E-state index in [-0.39, 0.29) is 12.2 Å². The molecule has 80 valence electrons. The van der Waals surface area contributed by atoms with Crippen LogP contribution < -0.4 is 0 Å². The van der Waals surface area contributed by atoms with E-state index in [0.717, 1.165) is 19.5 Å². The lowest BCUT2D eigenvalue weighted by Gasteiger charge is -2.21. The Kier molecular flexibility index (Phi) is 2.24. The molecule has 0 radical (unpaired) electrons. The van der Waals surface area contributed by atoms with Gasteiger partial charge in [0.05, 0.1) is 12.2 Å². The molecular formula is C12H16N2O. The molecule has 1 aromatic rings. The molecule has 0 aliphatic carbocycles. The van der Waals surface area contributed by atoms with Crippen molar-refractivity contribution in [3.8, 4) is 0 Å². The van der Waals surface area contributed by atoms with Crippen molar-refractivity contribution in [1.29, 1.82) is 0 Å². The Morgan fingerprint density at radius 2 is 2.00 bits per heavy atom. The summed E-state index contributed by atoms with van der Waals surface area (Å²) in [5, 5.41) is 11.6. The van der Waals surface area contributed by atoms with Crippen LogP contribution in [0.4, 0.5) is 0 Å². The molecule has 2 saturated heterocycles. The van der Waals surface area contributed by atoms with Crippen molar-refractivity contribution in [3.63, 3.8) is 0 Å². The van der Waals surface area contributed by atoms with Crippen LogP contribution in [0.25, 0.3) is 0 Å². The summed E-state index contributed by atoms with van der Waals surface area (Å²) in [5.74, 6) is 0. The lowest BCUT2D eigenvalue weighted by Crippen LogP contribution is -2.31. The van der Waals surface area contributed by atoms with E-state index in [1.807, 2.05) is 18.2 Å². The minimum absolute atomic E-state index is 0.163. The fourth-order valence-corrected chi connectivity index (χ4v) is 2.77. The zero-order valence-corrected chi connectivity index (χ0v) is 8.71. The summed E-state index contributed by atoms with van der Waals surface area (Å²) in [6.45, 7) is 2.09. The fraction of sp³-hybridized carbons (Fsp3) is 0.500. The molecule has 0 amide bonds. The molecule has 15 heavy (non-hydrogen) atoms. The highest BCUT2D eigenvalue weighted by Gasteiger charge is 2.41. The molecule has 2 unspecified atom stereocenters. The molecule has 0 spiro atoms. The van der Waals surface area contributed by atoms with Gasteiger partial charge >= 0.3 is 0 Å². The lowest BCUT2D eigenvalue weighted by atomic mass is 10.1. The topological polar surface area (TPSA) is 26.7 Å². The van der Waals surface area contributed by atoms with Gasteiger partial charge < -0.3 is 5.21 Å². The fourth-order valence-electron chi connectivity index (χ4n) is 2.77. The van der Waals surface area contributed by atoms with Crippen LogP contribution in [0.2, 0.25) is 0 Å². The summed E-state index contributed by atoms with van der Waals surface area (Å²) in [7, 11) is 0. The zero-order chi connectivity index (χ0) is 10.3. The molecule has 0 bridgehead atoms. The van der Waals surface area contributed by atoms with Gasteiger partial charge in [0.25, 0.3) is 0 Å². The van der Waals surface area contributed by atoms with Crippen molar-refractivity contribution in [2.24, 2.45) is 0 Å². The van der Waals surface area contributed by atoms with Crippen LogP contribution in [0.3, 0.4) is 0 Å². The number of hydrogen-bond donors (Lipinski definition) is 1. The predicted molar refractivity (Wildman–Crippen MR) is 57.4 cm³/mol. The quantitative estimate of drug-likeness (QED) is 0.756. The minimum atomic E-state index is 0.163. The maximum absolute atomic E-state index is 10.1. The van der Waals surface area contributed by atoms with Gasteiger partial charge in [-0.15, -0.1) is 0 Å². The third-order valence-electron chi connectivity index (χ3n) is 3.55. The highest BCUT2D eigenvalue weighted by molar-refractivity contribution is 5.20. The van der Waals surface area contributed by atoms with Gasteiger partial charge in [0, 0.05) is 6.54 Å². The SMILES string of the molecule is ON1C(c2ccccc2)CN2CCCC21. The lowest BCUT2D eigenvalue weighted by molar-refractivity contribution is -0.145. The molecule has 2 atom stereocenters. The van der Waals surface area contributed by atoms with Gasteiger partial charge in [0.15, 0.2) is 0 Å². The first kappa shape index (κ1) is 9.33. The van der Waals surface area contributed by atoms with Gasteiger partial charge in [-0.25, -0.2) is 0 Å². The van der Waals surface area contributed by atoms with Crippen molar-refractivity contribution in [2.75, 3.05) is 13.1 Å². The Balaban J connectivity index is 1.85. The molecule has 0 saturated carbocycles. The summed E-state index contributed by atoms with van der Waals surface area (Å²) in [6.07, 6.45) is 2.57. The van der Waals surface area contributed by atoms with Crippen LogP contribution in [-0.4, -0.2) is 34.4 Å². The van der Waals surface area contributed by atoms with E-state index in [1.165, 1.54) is 12.0 Å². The van der Waals surface area contributed by atoms with Gasteiger partial charge in [0.1, 0.15) is 0 Å². The smallest absolute Gasteiger partial charge is 0.0874 e. The second-order valence-corrected chi connectivity index (χ2v) is 4.42. The molecule has 3 rings (SSSR count). The minimum Gasteiger partial charge on any atom is -0.312 e. The third kappa shape index (κ3) is 1.47. The molecule has 2 aliphatic heterocycles. The predicted octanol–water partition coefficient (Wildman–Crippen LogP) is 1.85. The monoisotopic (exact) mass is 204 g/mol. The molecule has 3 nitrogen and oxygen atoms in total. The first-order valence-corrected chi connectivity index (χ1v) is 5.62. The number of benzene rings is 1. The number of hydrogen-bond acceptors (Lipinski definition) is 3. The summed E-state index contributed by atoms with van der Waals surface area (Å²) in [5.41, 5.74) is 1.22. The zero-order valence-electron chi connectivity index (χ0n) is 8.71. The molecule has 2 aliphatic rings. The normalized spacial score (nSPS) is 32.1. The van der Waals surface area contributed by atoms with E-state index in [1.54, 1.807) is 5.06 Å². The standard InChI is InChI=1S/C12H16N2O/c15-14-11(10-5-2-1-3-6-10)9-13-8-4-7-12(13)14/h1-3,5-6,11-12,15H,4,7-9H2. The van der Waals surface area contributed by atoms with E-state index in [2.05, 4.69) is 17.0 Å². The average Bonchev–Trinajstić information content (AvgIpc) is 2.83. The van der Waals surface area contributed by atoms with Crippen LogP contribution in [0, 0.1) is 0 Å². The number of fused-ring (bicyclic) bond motifs is 1. The van der Waals surface area contributed by atoms with Gasteiger partial charge in [-0.1, -0.05) is 30.3 Å². The number of rotatable bonds is 1. The molecule has 0 aromatic heterocycles. The Morgan fingerprint density at radius 3 is 2.73 bits per heavy atom. The van der Waals surface area contributed by atoms with E-state index < -0.39 is 0 Å². The van der Waals surface area contributed by atoms with Crippen LogP contribution in [-0.2, 0) is 0 Å². The van der Waals surface area contributed by atoms with Crippen LogP contribution in [0.5, 0.6) is 0 Å². The molecule has 2 heterocycles. The van der Waals surface area contributed by atoms with E-state index >= 15 is 0 Å². The molecule has 1 aromatic carbocycles. The van der Waals surface area contributed by atoms with Crippen LogP contribution in [0.15, 0.2) is 30.3 Å². The maximum atomic E-state index is 10.1. The first-order chi connectivity index (χ1) is 7.36. The summed E-state index contributed by atoms with van der Waals surface area (Å²) >= 11 is 0. The van der Waals surface area contributed by atoms with Crippen molar-refractivity contribution >= 4 is 0 Å². The Bertz CT molecular complexity index is 341. The summed E-state index contributed by atoms with van der Waals surface area (Å²) in [6, 6.07) is 10.4. The van der Waals surface area contributed by atoms with Crippen molar-refractivity contribution in [3.05, 3.63) is 35.9 Å². The van der Waals surface area contributed by atoms with E-state index in [4.69, 9.17) is 0 Å². The van der Waals surface area contributed by atoms with Crippen molar-refractivity contribution in [2.45, 2.75) is 25.0 Å². The third-order valence-corrected chi connectivity index (χ3v) is 3.55. The largest absolute Gasteiger partial charge is 0.312 e. The van der Waals surface area contributed by atoms with E-state index in [0.29, 0.717) is 0 Å². The molecule has 1 N–H and O–H groups in total. The number of hydroxylamine groups is 2. The molecule has 2 fully saturated rings. The van der Waals surface area contributed by atoms with Crippen molar-refractivity contribution < 1.29 is 5.21 Å².